The maximum atomic E-state index is 12.4. The van der Waals surface area contributed by atoms with Gasteiger partial charge in [-0.2, -0.15) is 0 Å². The summed E-state index contributed by atoms with van der Waals surface area (Å²) in [5.74, 6) is 0.299. The Kier molecular flexibility index (Phi) is 5.80. The van der Waals surface area contributed by atoms with Crippen molar-refractivity contribution in [2.75, 3.05) is 26.8 Å². The SMILES string of the molecule is COCCCCC(=O)N1CCCC(C)(c2ccccc2)C1. The standard InChI is InChI=1S/C18H27NO2/c1-18(16-9-4-3-5-10-16)12-8-13-19(15-18)17(20)11-6-7-14-21-2/h3-5,9-10H,6-8,11-15H2,1-2H3. The molecular formula is C18H27NO2. The molecule has 0 aliphatic carbocycles. The number of unbranched alkanes of at least 4 members (excludes halogenated alkanes) is 1. The van der Waals surface area contributed by atoms with E-state index in [1.165, 1.54) is 5.56 Å². The minimum atomic E-state index is 0.0989. The number of hydrogen-bond acceptors (Lipinski definition) is 2. The molecule has 1 saturated heterocycles. The number of ether oxygens (including phenoxy) is 1. The normalized spacial score (nSPS) is 22.3. The number of hydrogen-bond donors (Lipinski definition) is 0. The molecule has 1 aromatic carbocycles. The molecule has 1 unspecified atom stereocenters. The Morgan fingerprint density at radius 1 is 1.29 bits per heavy atom. The van der Waals surface area contributed by atoms with Gasteiger partial charge in [0, 0.05) is 38.6 Å². The molecule has 21 heavy (non-hydrogen) atoms. The molecule has 1 fully saturated rings. The maximum Gasteiger partial charge on any atom is 0.222 e. The Labute approximate surface area is 128 Å². The molecule has 0 saturated carbocycles. The molecule has 1 heterocycles. The van der Waals surface area contributed by atoms with Gasteiger partial charge >= 0.3 is 0 Å². The molecule has 1 atom stereocenters. The van der Waals surface area contributed by atoms with Crippen LogP contribution in [0.25, 0.3) is 0 Å². The molecule has 0 radical (unpaired) electrons. The van der Waals surface area contributed by atoms with Crippen molar-refractivity contribution >= 4 is 5.91 Å². The summed E-state index contributed by atoms with van der Waals surface area (Å²) in [5, 5.41) is 0. The molecule has 0 aromatic heterocycles. The zero-order valence-electron chi connectivity index (χ0n) is 13.3. The smallest absolute Gasteiger partial charge is 0.222 e. The first-order chi connectivity index (χ1) is 10.2. The van der Waals surface area contributed by atoms with Crippen LogP contribution in [0.5, 0.6) is 0 Å². The number of carbonyl (C=O) groups excluding carboxylic acids is 1. The molecule has 0 spiro atoms. The quantitative estimate of drug-likeness (QED) is 0.751. The van der Waals surface area contributed by atoms with Crippen LogP contribution >= 0.6 is 0 Å². The summed E-state index contributed by atoms with van der Waals surface area (Å²) in [4.78, 5) is 14.4. The van der Waals surface area contributed by atoms with Crippen LogP contribution in [0.1, 0.15) is 44.6 Å². The number of rotatable bonds is 6. The average Bonchev–Trinajstić information content (AvgIpc) is 2.52. The van der Waals surface area contributed by atoms with Crippen molar-refractivity contribution in [1.29, 1.82) is 0 Å². The van der Waals surface area contributed by atoms with Crippen molar-refractivity contribution in [3.63, 3.8) is 0 Å². The molecule has 1 aliphatic rings. The van der Waals surface area contributed by atoms with Crippen LogP contribution in [0, 0.1) is 0 Å². The number of amides is 1. The predicted octanol–water partition coefficient (Wildman–Crippen LogP) is 3.38. The van der Waals surface area contributed by atoms with E-state index in [9.17, 15) is 4.79 Å². The Balaban J connectivity index is 1.92. The van der Waals surface area contributed by atoms with Crippen molar-refractivity contribution in [2.24, 2.45) is 0 Å². The molecule has 0 bridgehead atoms. The van der Waals surface area contributed by atoms with E-state index in [1.807, 2.05) is 0 Å². The first kappa shape index (κ1) is 16.0. The number of likely N-dealkylation sites (tertiary alicyclic amines) is 1. The lowest BCUT2D eigenvalue weighted by Gasteiger charge is -2.41. The van der Waals surface area contributed by atoms with Crippen LogP contribution in [0.2, 0.25) is 0 Å². The zero-order chi connectivity index (χ0) is 15.1. The molecule has 1 aromatic rings. The van der Waals surface area contributed by atoms with Crippen LogP contribution < -0.4 is 0 Å². The Morgan fingerprint density at radius 3 is 2.76 bits per heavy atom. The van der Waals surface area contributed by atoms with E-state index in [0.717, 1.165) is 45.4 Å². The number of piperidine rings is 1. The van der Waals surface area contributed by atoms with Gasteiger partial charge in [0.15, 0.2) is 0 Å². The summed E-state index contributed by atoms with van der Waals surface area (Å²) in [6, 6.07) is 10.6. The Hall–Kier alpha value is -1.35. The van der Waals surface area contributed by atoms with Crippen LogP contribution in [-0.2, 0) is 14.9 Å². The van der Waals surface area contributed by atoms with E-state index in [-0.39, 0.29) is 5.41 Å². The molecule has 1 amide bonds. The first-order valence-corrected chi connectivity index (χ1v) is 7.98. The Bertz CT molecular complexity index is 446. The summed E-state index contributed by atoms with van der Waals surface area (Å²) >= 11 is 0. The van der Waals surface area contributed by atoms with Gasteiger partial charge in [-0.1, -0.05) is 37.3 Å². The van der Waals surface area contributed by atoms with Gasteiger partial charge in [-0.25, -0.2) is 0 Å². The largest absolute Gasteiger partial charge is 0.385 e. The van der Waals surface area contributed by atoms with Crippen molar-refractivity contribution in [3.05, 3.63) is 35.9 Å². The third kappa shape index (κ3) is 4.31. The van der Waals surface area contributed by atoms with E-state index >= 15 is 0 Å². The predicted molar refractivity (Wildman–Crippen MR) is 85.3 cm³/mol. The number of benzene rings is 1. The van der Waals surface area contributed by atoms with Crippen LogP contribution in [0.3, 0.4) is 0 Å². The third-order valence-electron chi connectivity index (χ3n) is 4.51. The molecule has 1 aliphatic heterocycles. The van der Waals surface area contributed by atoms with Gasteiger partial charge in [-0.15, -0.1) is 0 Å². The highest BCUT2D eigenvalue weighted by atomic mass is 16.5. The summed E-state index contributed by atoms with van der Waals surface area (Å²) in [5.41, 5.74) is 1.45. The van der Waals surface area contributed by atoms with E-state index < -0.39 is 0 Å². The van der Waals surface area contributed by atoms with Crippen LogP contribution in [0.4, 0.5) is 0 Å². The molecule has 3 nitrogen and oxygen atoms in total. The van der Waals surface area contributed by atoms with Crippen molar-refractivity contribution in [1.82, 2.24) is 4.90 Å². The van der Waals surface area contributed by atoms with Gasteiger partial charge in [-0.3, -0.25) is 4.79 Å². The minimum absolute atomic E-state index is 0.0989. The summed E-state index contributed by atoms with van der Waals surface area (Å²) in [6.07, 6.45) is 4.78. The van der Waals surface area contributed by atoms with E-state index in [0.29, 0.717) is 12.3 Å². The average molecular weight is 289 g/mol. The monoisotopic (exact) mass is 289 g/mol. The second kappa shape index (κ2) is 7.60. The number of methoxy groups -OCH3 is 1. The number of nitrogens with zero attached hydrogens (tertiary/aromatic N) is 1. The fraction of sp³-hybridized carbons (Fsp3) is 0.611. The van der Waals surface area contributed by atoms with E-state index in [1.54, 1.807) is 7.11 Å². The molecule has 2 rings (SSSR count). The van der Waals surface area contributed by atoms with Crippen molar-refractivity contribution in [3.8, 4) is 0 Å². The van der Waals surface area contributed by atoms with E-state index in [2.05, 4.69) is 42.2 Å². The molecule has 116 valence electrons. The highest BCUT2D eigenvalue weighted by Gasteiger charge is 2.34. The summed E-state index contributed by atoms with van der Waals surface area (Å²) in [6.45, 7) is 4.79. The van der Waals surface area contributed by atoms with E-state index in [4.69, 9.17) is 4.74 Å². The first-order valence-electron chi connectivity index (χ1n) is 7.98. The summed E-state index contributed by atoms with van der Waals surface area (Å²) < 4.78 is 5.04. The maximum absolute atomic E-state index is 12.4. The fourth-order valence-electron chi connectivity index (χ4n) is 3.21. The lowest BCUT2D eigenvalue weighted by Crippen LogP contribution is -2.47. The second-order valence-corrected chi connectivity index (χ2v) is 6.30. The third-order valence-corrected chi connectivity index (χ3v) is 4.51. The minimum Gasteiger partial charge on any atom is -0.385 e. The second-order valence-electron chi connectivity index (χ2n) is 6.30. The lowest BCUT2D eigenvalue weighted by molar-refractivity contribution is -0.133. The molecular weight excluding hydrogens is 262 g/mol. The van der Waals surface area contributed by atoms with Crippen molar-refractivity contribution < 1.29 is 9.53 Å². The Morgan fingerprint density at radius 2 is 2.05 bits per heavy atom. The van der Waals surface area contributed by atoms with Gasteiger partial charge in [0.25, 0.3) is 0 Å². The van der Waals surface area contributed by atoms with Crippen LogP contribution in [0.15, 0.2) is 30.3 Å². The topological polar surface area (TPSA) is 29.5 Å². The van der Waals surface area contributed by atoms with Gasteiger partial charge < -0.3 is 9.64 Å². The van der Waals surface area contributed by atoms with Gasteiger partial charge in [-0.05, 0) is 31.2 Å². The van der Waals surface area contributed by atoms with Gasteiger partial charge in [0.1, 0.15) is 0 Å². The van der Waals surface area contributed by atoms with Gasteiger partial charge in [0.2, 0.25) is 5.91 Å². The molecule has 0 N–H and O–H groups in total. The highest BCUT2D eigenvalue weighted by molar-refractivity contribution is 5.76. The number of carbonyl (C=O) groups is 1. The van der Waals surface area contributed by atoms with Crippen LogP contribution in [-0.4, -0.2) is 37.6 Å². The van der Waals surface area contributed by atoms with Gasteiger partial charge in [0.05, 0.1) is 0 Å². The lowest BCUT2D eigenvalue weighted by atomic mass is 9.76. The fourth-order valence-corrected chi connectivity index (χ4v) is 3.21. The van der Waals surface area contributed by atoms with Crippen molar-refractivity contribution in [2.45, 2.75) is 44.4 Å². The molecule has 3 heteroatoms. The zero-order valence-corrected chi connectivity index (χ0v) is 13.3. The highest BCUT2D eigenvalue weighted by Crippen LogP contribution is 2.33. The summed E-state index contributed by atoms with van der Waals surface area (Å²) in [7, 11) is 1.71.